The summed E-state index contributed by atoms with van der Waals surface area (Å²) in [5.74, 6) is 0.419. The number of fused-ring (bicyclic) bond motifs is 1. The van der Waals surface area contributed by atoms with Crippen LogP contribution in [0.1, 0.15) is 11.5 Å². The fraction of sp³-hybridized carbons (Fsp3) is 0.385. The van der Waals surface area contributed by atoms with Crippen molar-refractivity contribution in [2.75, 3.05) is 20.2 Å². The molecule has 2 rings (SSSR count). The number of ether oxygens (including phenoxy) is 1. The summed E-state index contributed by atoms with van der Waals surface area (Å²) in [6.45, 7) is 2.78. The Bertz CT molecular complexity index is 548. The molecule has 0 aliphatic rings. The summed E-state index contributed by atoms with van der Waals surface area (Å²) in [6, 6.07) is 5.95. The molecule has 0 atom stereocenters. The summed E-state index contributed by atoms with van der Waals surface area (Å²) >= 11 is 0. The zero-order chi connectivity index (χ0) is 13.0. The molecule has 0 saturated carbocycles. The van der Waals surface area contributed by atoms with E-state index in [9.17, 15) is 4.79 Å². The number of oxazole rings is 1. The van der Waals surface area contributed by atoms with Gasteiger partial charge in [-0.1, -0.05) is 6.07 Å². The molecule has 0 saturated heterocycles. The van der Waals surface area contributed by atoms with Gasteiger partial charge in [-0.15, -0.1) is 0 Å². The highest BCUT2D eigenvalue weighted by Gasteiger charge is 2.03. The van der Waals surface area contributed by atoms with Gasteiger partial charge in [-0.3, -0.25) is 4.79 Å². The van der Waals surface area contributed by atoms with E-state index in [1.54, 1.807) is 0 Å². The normalized spacial score (nSPS) is 10.8. The Morgan fingerprint density at radius 2 is 2.33 bits per heavy atom. The molecule has 0 unspecified atom stereocenters. The first-order valence-corrected chi connectivity index (χ1v) is 5.82. The number of nitrogens with zero attached hydrogens (tertiary/aromatic N) is 1. The van der Waals surface area contributed by atoms with E-state index in [0.717, 1.165) is 23.1 Å². The maximum absolute atomic E-state index is 10.9. The van der Waals surface area contributed by atoms with Crippen LogP contribution >= 0.6 is 0 Å². The second-order valence-electron chi connectivity index (χ2n) is 4.04. The molecule has 0 radical (unpaired) electrons. The van der Waals surface area contributed by atoms with Crippen LogP contribution in [0.2, 0.25) is 0 Å². The van der Waals surface area contributed by atoms with Gasteiger partial charge < -0.3 is 14.5 Å². The number of aryl methyl sites for hydroxylation is 1. The Morgan fingerprint density at radius 1 is 1.50 bits per heavy atom. The molecule has 1 N–H and O–H groups in total. The fourth-order valence-electron chi connectivity index (χ4n) is 1.74. The van der Waals surface area contributed by atoms with Crippen molar-refractivity contribution in [2.24, 2.45) is 0 Å². The third-order valence-electron chi connectivity index (χ3n) is 2.65. The van der Waals surface area contributed by atoms with Gasteiger partial charge in [0, 0.05) is 6.92 Å². The summed E-state index contributed by atoms with van der Waals surface area (Å²) in [5.41, 5.74) is 2.83. The van der Waals surface area contributed by atoms with Gasteiger partial charge in [-0.2, -0.15) is 0 Å². The first-order chi connectivity index (χ1) is 8.69. The minimum absolute atomic E-state index is 0.236. The van der Waals surface area contributed by atoms with Gasteiger partial charge >= 0.3 is 5.97 Å². The number of esters is 1. The number of nitrogens with one attached hydrogen (secondary N) is 1. The maximum atomic E-state index is 10.9. The van der Waals surface area contributed by atoms with Crippen molar-refractivity contribution in [2.45, 2.75) is 13.3 Å². The average Bonchev–Trinajstić information content (AvgIpc) is 2.73. The number of carbonyl (C=O) groups is 1. The Kier molecular flexibility index (Phi) is 3.94. The molecule has 2 aromatic rings. The van der Waals surface area contributed by atoms with Crippen LogP contribution < -0.4 is 5.32 Å². The van der Waals surface area contributed by atoms with Crippen molar-refractivity contribution in [1.29, 1.82) is 0 Å². The van der Waals surface area contributed by atoms with Crippen LogP contribution in [0.3, 0.4) is 0 Å². The van der Waals surface area contributed by atoms with Gasteiger partial charge in [0.25, 0.3) is 0 Å². The fourth-order valence-corrected chi connectivity index (χ4v) is 1.74. The van der Waals surface area contributed by atoms with Gasteiger partial charge in [0.1, 0.15) is 5.52 Å². The largest absolute Gasteiger partial charge is 0.468 e. The van der Waals surface area contributed by atoms with E-state index in [4.69, 9.17) is 4.42 Å². The number of hydrogen-bond donors (Lipinski definition) is 1. The number of benzene rings is 1. The lowest BCUT2D eigenvalue weighted by Crippen LogP contribution is -2.25. The monoisotopic (exact) mass is 248 g/mol. The highest BCUT2D eigenvalue weighted by molar-refractivity contribution is 5.73. The van der Waals surface area contributed by atoms with Crippen LogP contribution in [0.15, 0.2) is 22.6 Å². The molecule has 1 aromatic carbocycles. The molecular weight excluding hydrogens is 232 g/mol. The van der Waals surface area contributed by atoms with Crippen LogP contribution in [0.5, 0.6) is 0 Å². The SMILES string of the molecule is COC(=O)CNCCc1ccc2nc(C)oc2c1. The van der Waals surface area contributed by atoms with Crippen LogP contribution in [0, 0.1) is 6.92 Å². The van der Waals surface area contributed by atoms with Crippen LogP contribution in [0.4, 0.5) is 0 Å². The molecule has 5 heteroatoms. The van der Waals surface area contributed by atoms with Crippen molar-refractivity contribution in [3.8, 4) is 0 Å². The van der Waals surface area contributed by atoms with Crippen molar-refractivity contribution in [3.05, 3.63) is 29.7 Å². The molecular formula is C13H16N2O3. The van der Waals surface area contributed by atoms with Crippen LogP contribution in [-0.4, -0.2) is 31.2 Å². The van der Waals surface area contributed by atoms with Crippen molar-refractivity contribution >= 4 is 17.1 Å². The summed E-state index contributed by atoms with van der Waals surface area (Å²) in [4.78, 5) is 15.1. The summed E-state index contributed by atoms with van der Waals surface area (Å²) in [6.07, 6.45) is 0.826. The predicted molar refractivity (Wildman–Crippen MR) is 67.3 cm³/mol. The second-order valence-corrected chi connectivity index (χ2v) is 4.04. The standard InChI is InChI=1S/C13H16N2O3/c1-9-15-11-4-3-10(7-12(11)18-9)5-6-14-8-13(16)17-2/h3-4,7,14H,5-6,8H2,1-2H3. The molecule has 1 aromatic heterocycles. The molecule has 18 heavy (non-hydrogen) atoms. The second kappa shape index (κ2) is 5.64. The number of carbonyl (C=O) groups excluding carboxylic acids is 1. The lowest BCUT2D eigenvalue weighted by Gasteiger charge is -2.03. The van der Waals surface area contributed by atoms with Gasteiger partial charge in [0.15, 0.2) is 11.5 Å². The molecule has 0 aliphatic heterocycles. The molecule has 0 spiro atoms. The van der Waals surface area contributed by atoms with Crippen molar-refractivity contribution in [1.82, 2.24) is 10.3 Å². The smallest absolute Gasteiger partial charge is 0.319 e. The van der Waals surface area contributed by atoms with Crippen LogP contribution in [0.25, 0.3) is 11.1 Å². The van der Waals surface area contributed by atoms with Crippen LogP contribution in [-0.2, 0) is 16.0 Å². The minimum atomic E-state index is -0.253. The lowest BCUT2D eigenvalue weighted by atomic mass is 10.1. The van der Waals surface area contributed by atoms with E-state index in [1.807, 2.05) is 25.1 Å². The quantitative estimate of drug-likeness (QED) is 0.640. The third kappa shape index (κ3) is 3.07. The van der Waals surface area contributed by atoms with Crippen molar-refractivity contribution in [3.63, 3.8) is 0 Å². The molecule has 5 nitrogen and oxygen atoms in total. The van der Waals surface area contributed by atoms with E-state index >= 15 is 0 Å². The highest BCUT2D eigenvalue weighted by Crippen LogP contribution is 2.16. The molecule has 0 bridgehead atoms. The first-order valence-electron chi connectivity index (χ1n) is 5.82. The Labute approximate surface area is 105 Å². The average molecular weight is 248 g/mol. The zero-order valence-electron chi connectivity index (χ0n) is 10.5. The maximum Gasteiger partial charge on any atom is 0.319 e. The molecule has 0 aliphatic carbocycles. The molecule has 96 valence electrons. The number of rotatable bonds is 5. The number of methoxy groups -OCH3 is 1. The predicted octanol–water partition coefficient (Wildman–Crippen LogP) is 1.44. The minimum Gasteiger partial charge on any atom is -0.468 e. The van der Waals surface area contributed by atoms with Crippen molar-refractivity contribution < 1.29 is 13.9 Å². The van der Waals surface area contributed by atoms with E-state index in [0.29, 0.717) is 12.4 Å². The van der Waals surface area contributed by atoms with E-state index in [2.05, 4.69) is 15.0 Å². The zero-order valence-corrected chi connectivity index (χ0v) is 10.5. The Hall–Kier alpha value is -1.88. The molecule has 0 fully saturated rings. The van der Waals surface area contributed by atoms with Gasteiger partial charge in [0.05, 0.1) is 13.7 Å². The summed E-state index contributed by atoms with van der Waals surface area (Å²) < 4.78 is 10.0. The summed E-state index contributed by atoms with van der Waals surface area (Å²) in [5, 5.41) is 3.02. The van der Waals surface area contributed by atoms with Gasteiger partial charge in [-0.05, 0) is 30.7 Å². The first kappa shape index (κ1) is 12.6. The Balaban J connectivity index is 1.89. The lowest BCUT2D eigenvalue weighted by molar-refractivity contribution is -0.139. The van der Waals surface area contributed by atoms with E-state index < -0.39 is 0 Å². The number of aromatic nitrogens is 1. The molecule has 0 amide bonds. The number of hydrogen-bond acceptors (Lipinski definition) is 5. The van der Waals surface area contributed by atoms with Gasteiger partial charge in [0.2, 0.25) is 0 Å². The van der Waals surface area contributed by atoms with E-state index in [1.165, 1.54) is 7.11 Å². The van der Waals surface area contributed by atoms with Gasteiger partial charge in [-0.25, -0.2) is 4.98 Å². The van der Waals surface area contributed by atoms with E-state index in [-0.39, 0.29) is 12.5 Å². The highest BCUT2D eigenvalue weighted by atomic mass is 16.5. The summed E-state index contributed by atoms with van der Waals surface area (Å²) in [7, 11) is 1.38. The molecule has 1 heterocycles. The third-order valence-corrected chi connectivity index (χ3v) is 2.65. The Morgan fingerprint density at radius 3 is 3.11 bits per heavy atom. The topological polar surface area (TPSA) is 64.4 Å².